The first kappa shape index (κ1) is 20.9. The van der Waals surface area contributed by atoms with Crippen LogP contribution < -0.4 is 4.74 Å². The second kappa shape index (κ2) is 9.13. The molecule has 1 aliphatic rings. The Hall–Kier alpha value is -1.81. The number of methoxy groups -OCH3 is 1. The molecule has 0 saturated heterocycles. The molecule has 0 aliphatic heterocycles. The van der Waals surface area contributed by atoms with Gasteiger partial charge in [-0.05, 0) is 68.3 Å². The van der Waals surface area contributed by atoms with Gasteiger partial charge in [-0.3, -0.25) is 0 Å². The summed E-state index contributed by atoms with van der Waals surface area (Å²) < 4.78 is 5.26. The van der Waals surface area contributed by atoms with E-state index in [4.69, 9.17) is 16.3 Å². The van der Waals surface area contributed by atoms with E-state index in [1.54, 1.807) is 7.11 Å². The van der Waals surface area contributed by atoms with Crippen molar-refractivity contribution in [2.45, 2.75) is 31.3 Å². The summed E-state index contributed by atoms with van der Waals surface area (Å²) in [7, 11) is 5.80. The molecule has 1 aliphatic carbocycles. The number of rotatable bonds is 6. The molecule has 0 aromatic heterocycles. The third-order valence-corrected chi connectivity index (χ3v) is 6.06. The van der Waals surface area contributed by atoms with Gasteiger partial charge in [0.1, 0.15) is 5.75 Å². The molecule has 4 heteroatoms. The standard InChI is InChI=1S/C24H30ClNO2/c1-26(2)17-21-9-6-8-20(15-18-11-13-22(28-3)14-12-18)24(21,27)16-19-7-4-5-10-23(19)25/h4-5,7,10-15,21,27H,6,8-9,16-17H2,1-3H3/b20-15+. The molecular formula is C24H30ClNO2. The lowest BCUT2D eigenvalue weighted by atomic mass is 9.68. The van der Waals surface area contributed by atoms with Crippen LogP contribution in [0.15, 0.2) is 54.1 Å². The molecule has 1 saturated carbocycles. The van der Waals surface area contributed by atoms with Gasteiger partial charge in [-0.2, -0.15) is 0 Å². The van der Waals surface area contributed by atoms with Crippen LogP contribution >= 0.6 is 11.6 Å². The fourth-order valence-electron chi connectivity index (χ4n) is 4.23. The fourth-order valence-corrected chi connectivity index (χ4v) is 4.43. The molecule has 3 nitrogen and oxygen atoms in total. The lowest BCUT2D eigenvalue weighted by molar-refractivity contribution is -0.0123. The summed E-state index contributed by atoms with van der Waals surface area (Å²) in [5.74, 6) is 1.000. The van der Waals surface area contributed by atoms with Crippen LogP contribution in [0.2, 0.25) is 5.02 Å². The van der Waals surface area contributed by atoms with Gasteiger partial charge in [0.15, 0.2) is 0 Å². The smallest absolute Gasteiger partial charge is 0.118 e. The molecule has 150 valence electrons. The second-order valence-electron chi connectivity index (χ2n) is 7.99. The average Bonchev–Trinajstić information content (AvgIpc) is 2.67. The van der Waals surface area contributed by atoms with Gasteiger partial charge >= 0.3 is 0 Å². The first-order valence-corrected chi connectivity index (χ1v) is 10.3. The summed E-state index contributed by atoms with van der Waals surface area (Å²) >= 11 is 6.45. The number of aliphatic hydroxyl groups is 1. The molecular weight excluding hydrogens is 370 g/mol. The molecule has 0 radical (unpaired) electrons. The normalized spacial score (nSPS) is 23.9. The van der Waals surface area contributed by atoms with Gasteiger partial charge in [0, 0.05) is 23.9 Å². The third-order valence-electron chi connectivity index (χ3n) is 5.69. The Kier molecular flexibility index (Phi) is 6.82. The second-order valence-corrected chi connectivity index (χ2v) is 8.39. The summed E-state index contributed by atoms with van der Waals surface area (Å²) in [6.45, 7) is 0.848. The summed E-state index contributed by atoms with van der Waals surface area (Å²) in [6, 6.07) is 15.8. The van der Waals surface area contributed by atoms with Gasteiger partial charge < -0.3 is 14.7 Å². The Bertz CT molecular complexity index is 816. The van der Waals surface area contributed by atoms with Gasteiger partial charge in [-0.15, -0.1) is 0 Å². The molecule has 0 spiro atoms. The molecule has 2 atom stereocenters. The van der Waals surface area contributed by atoms with Gasteiger partial charge in [0.05, 0.1) is 12.7 Å². The minimum Gasteiger partial charge on any atom is -0.497 e. The monoisotopic (exact) mass is 399 g/mol. The van der Waals surface area contributed by atoms with E-state index in [1.165, 1.54) is 0 Å². The van der Waals surface area contributed by atoms with Gasteiger partial charge in [0.2, 0.25) is 0 Å². The molecule has 0 bridgehead atoms. The van der Waals surface area contributed by atoms with E-state index in [9.17, 15) is 5.11 Å². The number of halogens is 1. The first-order valence-electron chi connectivity index (χ1n) is 9.88. The third kappa shape index (κ3) is 4.78. The molecule has 1 fully saturated rings. The van der Waals surface area contributed by atoms with Crippen LogP contribution in [-0.4, -0.2) is 43.4 Å². The van der Waals surface area contributed by atoms with Crippen molar-refractivity contribution in [3.63, 3.8) is 0 Å². The predicted molar refractivity (Wildman–Crippen MR) is 117 cm³/mol. The van der Waals surface area contributed by atoms with E-state index in [-0.39, 0.29) is 5.92 Å². The number of benzene rings is 2. The molecule has 1 N–H and O–H groups in total. The van der Waals surface area contributed by atoms with E-state index >= 15 is 0 Å². The molecule has 2 unspecified atom stereocenters. The SMILES string of the molecule is COc1ccc(/C=C2\CCCC(CN(C)C)C2(O)Cc2ccccc2Cl)cc1. The van der Waals surface area contributed by atoms with Crippen LogP contribution in [0.1, 0.15) is 30.4 Å². The van der Waals surface area contributed by atoms with Crippen molar-refractivity contribution < 1.29 is 9.84 Å². The van der Waals surface area contributed by atoms with Crippen molar-refractivity contribution in [3.8, 4) is 5.75 Å². The number of hydrogen-bond acceptors (Lipinski definition) is 3. The number of hydrogen-bond donors (Lipinski definition) is 1. The zero-order valence-electron chi connectivity index (χ0n) is 17.0. The van der Waals surface area contributed by atoms with E-state index in [0.717, 1.165) is 48.3 Å². The lowest BCUT2D eigenvalue weighted by Gasteiger charge is -2.44. The van der Waals surface area contributed by atoms with Gasteiger partial charge in [-0.1, -0.05) is 48.0 Å². The largest absolute Gasteiger partial charge is 0.497 e. The number of ether oxygens (including phenoxy) is 1. The highest BCUT2D eigenvalue weighted by Gasteiger charge is 2.43. The summed E-state index contributed by atoms with van der Waals surface area (Å²) in [5.41, 5.74) is 2.26. The Morgan fingerprint density at radius 2 is 1.89 bits per heavy atom. The zero-order valence-corrected chi connectivity index (χ0v) is 17.7. The van der Waals surface area contributed by atoms with Crippen LogP contribution in [0.5, 0.6) is 5.75 Å². The Balaban J connectivity index is 1.99. The minimum atomic E-state index is -0.909. The molecule has 2 aromatic carbocycles. The van der Waals surface area contributed by atoms with E-state index in [2.05, 4.69) is 25.1 Å². The molecule has 0 heterocycles. The fraction of sp³-hybridized carbons (Fsp3) is 0.417. The highest BCUT2D eigenvalue weighted by molar-refractivity contribution is 6.31. The minimum absolute atomic E-state index is 0.164. The lowest BCUT2D eigenvalue weighted by Crippen LogP contribution is -2.48. The van der Waals surface area contributed by atoms with Crippen molar-refractivity contribution in [2.24, 2.45) is 5.92 Å². The van der Waals surface area contributed by atoms with Crippen LogP contribution in [0.25, 0.3) is 6.08 Å². The quantitative estimate of drug-likeness (QED) is 0.736. The van der Waals surface area contributed by atoms with Crippen molar-refractivity contribution in [3.05, 3.63) is 70.3 Å². The Labute approximate surface area is 173 Å². The van der Waals surface area contributed by atoms with Crippen LogP contribution in [0.4, 0.5) is 0 Å². The average molecular weight is 400 g/mol. The summed E-state index contributed by atoms with van der Waals surface area (Å²) in [6.07, 6.45) is 5.69. The zero-order chi connectivity index (χ0) is 20.1. The summed E-state index contributed by atoms with van der Waals surface area (Å²) in [4.78, 5) is 2.17. The van der Waals surface area contributed by atoms with Gasteiger partial charge in [-0.25, -0.2) is 0 Å². The van der Waals surface area contributed by atoms with Crippen LogP contribution in [0.3, 0.4) is 0 Å². The maximum Gasteiger partial charge on any atom is 0.118 e. The van der Waals surface area contributed by atoms with Gasteiger partial charge in [0.25, 0.3) is 0 Å². The molecule has 2 aromatic rings. The number of nitrogens with zero attached hydrogens (tertiary/aromatic N) is 1. The highest BCUT2D eigenvalue weighted by atomic mass is 35.5. The van der Waals surface area contributed by atoms with E-state index in [0.29, 0.717) is 11.4 Å². The van der Waals surface area contributed by atoms with E-state index in [1.807, 2.05) is 48.5 Å². The molecule has 28 heavy (non-hydrogen) atoms. The van der Waals surface area contributed by atoms with Crippen molar-refractivity contribution >= 4 is 17.7 Å². The van der Waals surface area contributed by atoms with Crippen LogP contribution in [0, 0.1) is 5.92 Å². The Morgan fingerprint density at radius 1 is 1.18 bits per heavy atom. The van der Waals surface area contributed by atoms with Crippen molar-refractivity contribution in [1.82, 2.24) is 4.90 Å². The maximum absolute atomic E-state index is 12.0. The highest BCUT2D eigenvalue weighted by Crippen LogP contribution is 2.42. The van der Waals surface area contributed by atoms with E-state index < -0.39 is 5.60 Å². The van der Waals surface area contributed by atoms with Crippen LogP contribution in [-0.2, 0) is 6.42 Å². The van der Waals surface area contributed by atoms with Crippen molar-refractivity contribution in [1.29, 1.82) is 0 Å². The predicted octanol–water partition coefficient (Wildman–Crippen LogP) is 5.07. The van der Waals surface area contributed by atoms with Crippen molar-refractivity contribution in [2.75, 3.05) is 27.7 Å². The maximum atomic E-state index is 12.0. The molecule has 0 amide bonds. The first-order chi connectivity index (χ1) is 13.4. The Morgan fingerprint density at radius 3 is 2.54 bits per heavy atom. The summed E-state index contributed by atoms with van der Waals surface area (Å²) in [5, 5.41) is 12.7. The topological polar surface area (TPSA) is 32.7 Å². The molecule has 3 rings (SSSR count).